The lowest BCUT2D eigenvalue weighted by molar-refractivity contribution is -0.911. The van der Waals surface area contributed by atoms with Crippen molar-refractivity contribution in [2.75, 3.05) is 79.4 Å². The fraction of sp³-hybridized carbons (Fsp3) is 0.350. The van der Waals surface area contributed by atoms with E-state index in [1.165, 1.54) is 16.7 Å². The minimum atomic E-state index is -1.33. The number of halogens is 2. The van der Waals surface area contributed by atoms with Gasteiger partial charge in [-0.3, -0.25) is 36.9 Å². The molecule has 4 aliphatic heterocycles. The van der Waals surface area contributed by atoms with Crippen LogP contribution in [0, 0.1) is 0 Å². The average molecular weight is 1310 g/mol. The molecule has 444 valence electrons. The van der Waals surface area contributed by atoms with Crippen LogP contribution in [0.4, 0.5) is 4.79 Å². The van der Waals surface area contributed by atoms with Crippen molar-refractivity contribution in [3.63, 3.8) is 0 Å². The Labute approximate surface area is 514 Å². The molecule has 3 atom stereocenters. The maximum atomic E-state index is 14.9. The first-order chi connectivity index (χ1) is 41.2. The molecular weight excluding hydrogens is 1250 g/mol. The Kier molecular flexibility index (Phi) is 19.1. The summed E-state index contributed by atoms with van der Waals surface area (Å²) in [5.41, 5.74) is 4.71. The van der Waals surface area contributed by atoms with E-state index in [4.69, 9.17) is 35.3 Å². The Morgan fingerprint density at radius 3 is 2.05 bits per heavy atom. The Hall–Kier alpha value is -7.94. The second-order valence-electron chi connectivity index (χ2n) is 20.8. The lowest BCUT2D eigenvalue weighted by Crippen LogP contribution is -2.70. The molecule has 4 aliphatic rings. The van der Waals surface area contributed by atoms with E-state index in [0.717, 1.165) is 53.1 Å². The number of carbonyl (C=O) groups is 6. The van der Waals surface area contributed by atoms with Crippen LogP contribution >= 0.6 is 46.2 Å². The number of thioether (sulfide) groups is 1. The Morgan fingerprint density at radius 1 is 0.800 bits per heavy atom. The van der Waals surface area contributed by atoms with Crippen molar-refractivity contribution in [2.24, 2.45) is 0 Å². The van der Waals surface area contributed by atoms with Crippen LogP contribution in [0.5, 0.6) is 28.7 Å². The minimum Gasteiger partial charge on any atom is -0.497 e. The maximum Gasteiger partial charge on any atom is 0.325 e. The summed E-state index contributed by atoms with van der Waals surface area (Å²) in [6, 6.07) is 31.0. The zero-order valence-corrected chi connectivity index (χ0v) is 51.0. The van der Waals surface area contributed by atoms with Crippen LogP contribution in [0.25, 0.3) is 5.70 Å². The fourth-order valence-corrected chi connectivity index (χ4v) is 13.0. The predicted octanol–water partition coefficient (Wildman–Crippen LogP) is 6.91. The topological polar surface area (TPSA) is 229 Å². The number of benzene rings is 5. The summed E-state index contributed by atoms with van der Waals surface area (Å²) in [4.78, 5) is 87.3. The molecule has 6 aromatic rings. The van der Waals surface area contributed by atoms with E-state index in [1.807, 2.05) is 72.8 Å². The van der Waals surface area contributed by atoms with Gasteiger partial charge in [0, 0.05) is 43.8 Å². The first kappa shape index (κ1) is 60.2. The van der Waals surface area contributed by atoms with Gasteiger partial charge in [-0.2, -0.15) is 0 Å². The van der Waals surface area contributed by atoms with Gasteiger partial charge in [0.25, 0.3) is 11.8 Å². The number of ether oxygens (including phenoxy) is 5. The molecule has 1 aromatic heterocycles. The van der Waals surface area contributed by atoms with Crippen molar-refractivity contribution in [2.45, 2.75) is 57.0 Å². The van der Waals surface area contributed by atoms with Crippen LogP contribution < -0.4 is 34.3 Å². The number of amides is 7. The molecule has 0 bridgehead atoms. The molecule has 85 heavy (non-hydrogen) atoms. The number of likely N-dealkylation sites (N-methyl/N-ethyl adjacent to an activating group) is 1. The molecule has 3 saturated heterocycles. The number of methoxy groups -OCH3 is 3. The summed E-state index contributed by atoms with van der Waals surface area (Å²) in [5.74, 6) is 0.280. The van der Waals surface area contributed by atoms with Crippen molar-refractivity contribution in [1.29, 1.82) is 0 Å². The Morgan fingerprint density at radius 2 is 1.42 bits per heavy atom. The van der Waals surface area contributed by atoms with Crippen molar-refractivity contribution >= 4 is 87.5 Å². The van der Waals surface area contributed by atoms with E-state index in [1.54, 1.807) is 83.4 Å². The zero-order valence-electron chi connectivity index (χ0n) is 47.3. The van der Waals surface area contributed by atoms with Crippen LogP contribution in [0.3, 0.4) is 0 Å². The predicted molar refractivity (Wildman–Crippen MR) is 324 cm³/mol. The summed E-state index contributed by atoms with van der Waals surface area (Å²) < 4.78 is 32.6. The molecule has 0 spiro atoms. The largest absolute Gasteiger partial charge is 0.497 e. The average Bonchev–Trinajstić information content (AvgIpc) is 3.52. The van der Waals surface area contributed by atoms with Crippen molar-refractivity contribution in [3.05, 3.63) is 159 Å². The molecule has 25 heteroatoms. The molecule has 0 radical (unpaired) electrons. The van der Waals surface area contributed by atoms with Crippen molar-refractivity contribution in [3.8, 4) is 28.7 Å². The quantitative estimate of drug-likeness (QED) is 0.0218. The second kappa shape index (κ2) is 27.0. The summed E-state index contributed by atoms with van der Waals surface area (Å²) in [6.45, 7) is 5.76. The standard InChI is InChI=1S/C60H63ClIN11O11S/c1-5-68-27-28-69(58(78)57(68)77)60(79)64-49(41-11-7-6-8-12-41)54(74)63-50-56(76)72-51(53-65-66-67-71(53)33-38-13-19-43(80-2)20-14-38)42(37-85-59(50)72)34-73(30-9-10-31-73)32-29-70(62)55(75)46-25-26-47(83-35-39-15-21-44(81-3)22-16-39)52(48(46)61)84-36-40-17-23-45(82-4)24-18-40/h6-8,11-26,49-50,59H,5,9-10,27-37H2,1-4H3,(H-,63,64,74,79)/p+1/t49-,50-,59-/m1/s1. The van der Waals surface area contributed by atoms with E-state index >= 15 is 0 Å². The van der Waals surface area contributed by atoms with E-state index in [-0.39, 0.29) is 55.1 Å². The third kappa shape index (κ3) is 13.3. The number of piperazine rings is 1. The maximum absolute atomic E-state index is 14.9. The number of quaternary nitrogens is 1. The summed E-state index contributed by atoms with van der Waals surface area (Å²) in [7, 11) is 4.80. The van der Waals surface area contributed by atoms with Gasteiger partial charge in [-0.15, -0.1) is 16.9 Å². The molecule has 0 saturated carbocycles. The number of hydrogen-bond acceptors (Lipinski definition) is 15. The molecule has 10 rings (SSSR count). The molecular formula is C60H64ClIN11O11S+. The number of nitrogens with one attached hydrogen (secondary N) is 2. The number of urea groups is 1. The van der Waals surface area contributed by atoms with Gasteiger partial charge in [-0.1, -0.05) is 78.3 Å². The van der Waals surface area contributed by atoms with Gasteiger partial charge in [0.1, 0.15) is 54.5 Å². The molecule has 3 fully saturated rings. The Balaban J connectivity index is 0.896. The lowest BCUT2D eigenvalue weighted by Gasteiger charge is -2.51. The van der Waals surface area contributed by atoms with Gasteiger partial charge in [-0.25, -0.2) is 9.48 Å². The van der Waals surface area contributed by atoms with Gasteiger partial charge >= 0.3 is 17.8 Å². The van der Waals surface area contributed by atoms with E-state index in [9.17, 15) is 28.8 Å². The normalized spacial score (nSPS) is 17.6. The van der Waals surface area contributed by atoms with Gasteiger partial charge in [0.15, 0.2) is 17.3 Å². The van der Waals surface area contributed by atoms with Gasteiger partial charge in [-0.05, 0) is 88.1 Å². The summed E-state index contributed by atoms with van der Waals surface area (Å²) in [6.07, 6.45) is 1.88. The molecule has 22 nitrogen and oxygen atoms in total. The number of imide groups is 1. The van der Waals surface area contributed by atoms with Gasteiger partial charge < -0.3 is 43.7 Å². The number of fused-ring (bicyclic) bond motifs is 1. The number of likely N-dealkylation sites (tertiary alicyclic amines) is 1. The first-order valence-electron chi connectivity index (χ1n) is 27.7. The lowest BCUT2D eigenvalue weighted by atomic mass is 10.00. The second-order valence-corrected chi connectivity index (χ2v) is 23.4. The van der Waals surface area contributed by atoms with E-state index in [2.05, 4.69) is 49.0 Å². The van der Waals surface area contributed by atoms with Crippen LogP contribution in [0.15, 0.2) is 121 Å². The van der Waals surface area contributed by atoms with Crippen LogP contribution in [0.2, 0.25) is 5.02 Å². The third-order valence-corrected chi connectivity index (χ3v) is 18.2. The summed E-state index contributed by atoms with van der Waals surface area (Å²) in [5, 5.41) is 18.2. The molecule has 2 N–H and O–H groups in total. The highest BCUT2D eigenvalue weighted by atomic mass is 127. The number of aromatic nitrogens is 4. The SMILES string of the molecule is CCN1CCN(C(=O)N[C@@H](C(=O)N[C@@H]2C(=O)N3C(c4nnnn4Cc4ccc(OC)cc4)=C(C[N+]4(CCN(I)C(=O)c5ccc(OCc6ccc(OC)cc6)c(OCc6ccc(OC)cc6)c5Cl)CCCC4)CS[C@H]23)c2ccccc2)C(=O)C1=O. The highest BCUT2D eigenvalue weighted by molar-refractivity contribution is 14.1. The number of carbonyl (C=O) groups excluding carboxylic acids is 6. The molecule has 0 aliphatic carbocycles. The van der Waals surface area contributed by atoms with E-state index < -0.39 is 47.1 Å². The third-order valence-electron chi connectivity index (χ3n) is 15.6. The monoisotopic (exact) mass is 1310 g/mol. The van der Waals surface area contributed by atoms with Crippen molar-refractivity contribution < 1.29 is 56.9 Å². The Bertz CT molecular complexity index is 3460. The zero-order chi connectivity index (χ0) is 59.8. The smallest absolute Gasteiger partial charge is 0.325 e. The molecule has 5 heterocycles. The van der Waals surface area contributed by atoms with Crippen LogP contribution in [-0.2, 0) is 38.9 Å². The highest BCUT2D eigenvalue weighted by Gasteiger charge is 2.55. The van der Waals surface area contributed by atoms with Crippen LogP contribution in [-0.4, -0.2) is 169 Å². The van der Waals surface area contributed by atoms with Gasteiger partial charge in [0.2, 0.25) is 5.91 Å². The number of hydrogen-bond donors (Lipinski definition) is 2. The van der Waals surface area contributed by atoms with E-state index in [0.29, 0.717) is 76.5 Å². The molecule has 5 aromatic carbocycles. The minimum absolute atomic E-state index is 0.0527. The fourth-order valence-electron chi connectivity index (χ4n) is 10.9. The highest BCUT2D eigenvalue weighted by Crippen LogP contribution is 2.45. The number of β-lactam (4-membered cyclic amide) rings is 1. The number of tetrazole rings is 1. The number of nitrogens with zero attached hydrogens (tertiary/aromatic N) is 9. The summed E-state index contributed by atoms with van der Waals surface area (Å²) >= 11 is 10.7. The number of rotatable bonds is 23. The molecule has 7 amide bonds. The van der Waals surface area contributed by atoms with Crippen LogP contribution in [0.1, 0.15) is 64.2 Å². The van der Waals surface area contributed by atoms with Crippen molar-refractivity contribution in [1.82, 2.24) is 48.7 Å². The van der Waals surface area contributed by atoms with Gasteiger partial charge in [0.05, 0.1) is 93.2 Å². The molecule has 0 unspecified atom stereocenters. The first-order valence-corrected chi connectivity index (χ1v) is 30.1.